The Balaban J connectivity index is 2.80. The Kier molecular flexibility index (Phi) is 3.34. The molecule has 0 heterocycles. The van der Waals surface area contributed by atoms with E-state index in [0.717, 1.165) is 12.0 Å². The van der Waals surface area contributed by atoms with Gasteiger partial charge in [-0.05, 0) is 18.9 Å². The molecular formula is C13H14. The van der Waals surface area contributed by atoms with Gasteiger partial charge in [0.05, 0.1) is 0 Å². The molecule has 1 aromatic carbocycles. The van der Waals surface area contributed by atoms with Crippen LogP contribution in [0.4, 0.5) is 0 Å². The molecule has 0 N–H and O–H groups in total. The highest BCUT2D eigenvalue weighted by atomic mass is 14.1. The SMILES string of the molecule is C#CC(CC(=C)C)c1ccccc1. The molecule has 0 aromatic heterocycles. The summed E-state index contributed by atoms with van der Waals surface area (Å²) in [5, 5.41) is 0. The molecule has 0 spiro atoms. The number of allylic oxidation sites excluding steroid dienone is 1. The average molecular weight is 170 g/mol. The lowest BCUT2D eigenvalue weighted by Gasteiger charge is -2.10. The minimum Gasteiger partial charge on any atom is -0.119 e. The molecule has 0 saturated carbocycles. The van der Waals surface area contributed by atoms with Crippen LogP contribution in [0.25, 0.3) is 0 Å². The quantitative estimate of drug-likeness (QED) is 0.482. The third-order valence-electron chi connectivity index (χ3n) is 1.96. The van der Waals surface area contributed by atoms with Gasteiger partial charge in [-0.25, -0.2) is 0 Å². The Bertz CT molecular complexity index is 314. The zero-order chi connectivity index (χ0) is 9.68. The van der Waals surface area contributed by atoms with E-state index in [9.17, 15) is 0 Å². The molecule has 66 valence electrons. The van der Waals surface area contributed by atoms with E-state index in [1.807, 2.05) is 25.1 Å². The van der Waals surface area contributed by atoms with Crippen LogP contribution in [0.1, 0.15) is 24.8 Å². The molecular weight excluding hydrogens is 156 g/mol. The first-order chi connectivity index (χ1) is 6.24. The van der Waals surface area contributed by atoms with Crippen LogP contribution in [0.5, 0.6) is 0 Å². The van der Waals surface area contributed by atoms with Gasteiger partial charge in [0, 0.05) is 5.92 Å². The monoisotopic (exact) mass is 170 g/mol. The van der Waals surface area contributed by atoms with Crippen LogP contribution in [0.15, 0.2) is 42.5 Å². The van der Waals surface area contributed by atoms with Crippen LogP contribution in [0, 0.1) is 12.3 Å². The van der Waals surface area contributed by atoms with Gasteiger partial charge < -0.3 is 0 Å². The number of hydrogen-bond donors (Lipinski definition) is 0. The third kappa shape index (κ3) is 2.80. The summed E-state index contributed by atoms with van der Waals surface area (Å²) in [6.45, 7) is 5.88. The van der Waals surface area contributed by atoms with Gasteiger partial charge in [-0.15, -0.1) is 13.0 Å². The maximum atomic E-state index is 5.46. The second-order valence-corrected chi connectivity index (χ2v) is 3.29. The lowest BCUT2D eigenvalue weighted by Crippen LogP contribution is -1.95. The number of benzene rings is 1. The first-order valence-electron chi connectivity index (χ1n) is 4.39. The van der Waals surface area contributed by atoms with E-state index in [4.69, 9.17) is 6.42 Å². The van der Waals surface area contributed by atoms with Crippen molar-refractivity contribution in [2.75, 3.05) is 0 Å². The van der Waals surface area contributed by atoms with Gasteiger partial charge >= 0.3 is 0 Å². The molecule has 0 aliphatic heterocycles. The summed E-state index contributed by atoms with van der Waals surface area (Å²) in [5.41, 5.74) is 2.33. The standard InChI is InChI=1S/C13H14/c1-4-12(10-11(2)3)13-8-6-5-7-9-13/h1,5-9,12H,2,10H2,3H3. The lowest BCUT2D eigenvalue weighted by molar-refractivity contribution is 0.854. The number of hydrogen-bond acceptors (Lipinski definition) is 0. The first kappa shape index (κ1) is 9.61. The van der Waals surface area contributed by atoms with Crippen LogP contribution in [0.2, 0.25) is 0 Å². The molecule has 0 aliphatic rings. The summed E-state index contributed by atoms with van der Waals surface area (Å²) in [4.78, 5) is 0. The molecule has 0 nitrogen and oxygen atoms in total. The molecule has 0 radical (unpaired) electrons. The smallest absolute Gasteiger partial charge is 0.0486 e. The Morgan fingerprint density at radius 1 is 1.46 bits per heavy atom. The minimum atomic E-state index is 0.179. The molecule has 0 fully saturated rings. The first-order valence-corrected chi connectivity index (χ1v) is 4.39. The summed E-state index contributed by atoms with van der Waals surface area (Å²) in [6, 6.07) is 10.1. The molecule has 1 rings (SSSR count). The third-order valence-corrected chi connectivity index (χ3v) is 1.96. The van der Waals surface area contributed by atoms with Crippen molar-refractivity contribution in [3.63, 3.8) is 0 Å². The fourth-order valence-corrected chi connectivity index (χ4v) is 1.31. The lowest BCUT2D eigenvalue weighted by atomic mass is 9.94. The van der Waals surface area contributed by atoms with Crippen molar-refractivity contribution in [3.8, 4) is 12.3 Å². The van der Waals surface area contributed by atoms with E-state index < -0.39 is 0 Å². The topological polar surface area (TPSA) is 0 Å². The average Bonchev–Trinajstić information content (AvgIpc) is 2.15. The predicted molar refractivity (Wildman–Crippen MR) is 57.4 cm³/mol. The second kappa shape index (κ2) is 4.52. The Hall–Kier alpha value is -1.48. The Morgan fingerprint density at radius 3 is 2.54 bits per heavy atom. The molecule has 0 amide bonds. The van der Waals surface area contributed by atoms with Crippen molar-refractivity contribution in [3.05, 3.63) is 48.0 Å². The van der Waals surface area contributed by atoms with Crippen LogP contribution in [-0.2, 0) is 0 Å². The molecule has 0 saturated heterocycles. The second-order valence-electron chi connectivity index (χ2n) is 3.29. The van der Waals surface area contributed by atoms with Crippen molar-refractivity contribution in [2.45, 2.75) is 19.3 Å². The highest BCUT2D eigenvalue weighted by Crippen LogP contribution is 2.21. The maximum Gasteiger partial charge on any atom is 0.0486 e. The Morgan fingerprint density at radius 2 is 2.08 bits per heavy atom. The number of terminal acetylenes is 1. The van der Waals surface area contributed by atoms with Crippen LogP contribution in [0.3, 0.4) is 0 Å². The van der Waals surface area contributed by atoms with Crippen LogP contribution >= 0.6 is 0 Å². The molecule has 1 atom stereocenters. The highest BCUT2D eigenvalue weighted by Gasteiger charge is 2.06. The predicted octanol–water partition coefficient (Wildman–Crippen LogP) is 3.37. The van der Waals surface area contributed by atoms with Gasteiger partial charge in [0.15, 0.2) is 0 Å². The molecule has 1 aromatic rings. The van der Waals surface area contributed by atoms with Crippen molar-refractivity contribution in [2.24, 2.45) is 0 Å². The van der Waals surface area contributed by atoms with E-state index in [1.165, 1.54) is 5.56 Å². The van der Waals surface area contributed by atoms with Crippen molar-refractivity contribution in [1.29, 1.82) is 0 Å². The van der Waals surface area contributed by atoms with Gasteiger partial charge in [-0.2, -0.15) is 0 Å². The van der Waals surface area contributed by atoms with Crippen LogP contribution in [-0.4, -0.2) is 0 Å². The number of rotatable bonds is 3. The van der Waals surface area contributed by atoms with Gasteiger partial charge in [-0.3, -0.25) is 0 Å². The normalized spacial score (nSPS) is 11.7. The molecule has 0 aliphatic carbocycles. The molecule has 0 heteroatoms. The van der Waals surface area contributed by atoms with E-state index in [-0.39, 0.29) is 5.92 Å². The van der Waals surface area contributed by atoms with Crippen molar-refractivity contribution < 1.29 is 0 Å². The van der Waals surface area contributed by atoms with Gasteiger partial charge in [0.1, 0.15) is 0 Å². The van der Waals surface area contributed by atoms with E-state index in [2.05, 4.69) is 24.6 Å². The van der Waals surface area contributed by atoms with Crippen molar-refractivity contribution >= 4 is 0 Å². The molecule has 0 bridgehead atoms. The van der Waals surface area contributed by atoms with E-state index >= 15 is 0 Å². The van der Waals surface area contributed by atoms with Crippen molar-refractivity contribution in [1.82, 2.24) is 0 Å². The van der Waals surface area contributed by atoms with E-state index in [1.54, 1.807) is 0 Å². The maximum absolute atomic E-state index is 5.46. The fourth-order valence-electron chi connectivity index (χ4n) is 1.31. The van der Waals surface area contributed by atoms with Gasteiger partial charge in [0.25, 0.3) is 0 Å². The van der Waals surface area contributed by atoms with Crippen LogP contribution < -0.4 is 0 Å². The highest BCUT2D eigenvalue weighted by molar-refractivity contribution is 5.27. The summed E-state index contributed by atoms with van der Waals surface area (Å²) >= 11 is 0. The fraction of sp³-hybridized carbons (Fsp3) is 0.231. The zero-order valence-corrected chi connectivity index (χ0v) is 7.96. The van der Waals surface area contributed by atoms with E-state index in [0.29, 0.717) is 0 Å². The summed E-state index contributed by atoms with van der Waals surface area (Å²) in [6.07, 6.45) is 6.34. The summed E-state index contributed by atoms with van der Waals surface area (Å²) < 4.78 is 0. The molecule has 13 heavy (non-hydrogen) atoms. The van der Waals surface area contributed by atoms with Gasteiger partial charge in [0.2, 0.25) is 0 Å². The Labute approximate surface area is 80.3 Å². The summed E-state index contributed by atoms with van der Waals surface area (Å²) in [5.74, 6) is 2.97. The summed E-state index contributed by atoms with van der Waals surface area (Å²) in [7, 11) is 0. The minimum absolute atomic E-state index is 0.179. The zero-order valence-electron chi connectivity index (χ0n) is 7.96. The largest absolute Gasteiger partial charge is 0.119 e. The van der Waals surface area contributed by atoms with Gasteiger partial charge in [-0.1, -0.05) is 41.8 Å². The molecule has 1 unspecified atom stereocenters.